The highest BCUT2D eigenvalue weighted by molar-refractivity contribution is 7.47. The fraction of sp³-hybridized carbons (Fsp3) is 0.333. The van der Waals surface area contributed by atoms with Crippen LogP contribution in [0, 0.1) is 0 Å². The van der Waals surface area contributed by atoms with Crippen molar-refractivity contribution in [3.05, 3.63) is 66.5 Å². The maximum absolute atomic E-state index is 12.6. The lowest BCUT2D eigenvalue weighted by Gasteiger charge is -2.14. The highest BCUT2D eigenvalue weighted by Crippen LogP contribution is 2.44. The molecule has 0 saturated heterocycles. The molecule has 1 amide bonds. The number of amides is 1. The number of hydrogen-bond donors (Lipinski definition) is 2. The predicted molar refractivity (Wildman–Crippen MR) is 125 cm³/mol. The average molecular weight is 456 g/mol. The lowest BCUT2D eigenvalue weighted by Crippen LogP contribution is -2.26. The van der Waals surface area contributed by atoms with Crippen molar-refractivity contribution in [1.29, 1.82) is 0 Å². The van der Waals surface area contributed by atoms with E-state index in [1.54, 1.807) is 20.0 Å². The van der Waals surface area contributed by atoms with Crippen LogP contribution in [-0.4, -0.2) is 35.0 Å². The summed E-state index contributed by atoms with van der Waals surface area (Å²) in [5.41, 5.74) is 2.72. The van der Waals surface area contributed by atoms with Crippen LogP contribution in [0.15, 0.2) is 60.8 Å². The average Bonchev–Trinajstić information content (AvgIpc) is 2.75. The molecule has 3 aromatic rings. The number of hydrogen-bond acceptors (Lipinski definition) is 5. The Hall–Kier alpha value is -2.57. The molecule has 8 heteroatoms. The van der Waals surface area contributed by atoms with Gasteiger partial charge in [-0.25, -0.2) is 4.57 Å². The molecular weight excluding hydrogens is 427 g/mol. The van der Waals surface area contributed by atoms with E-state index in [0.29, 0.717) is 19.4 Å². The molecule has 0 aliphatic rings. The van der Waals surface area contributed by atoms with E-state index in [0.717, 1.165) is 27.6 Å². The van der Waals surface area contributed by atoms with Crippen LogP contribution in [0.1, 0.15) is 32.4 Å². The Bertz CT molecular complexity index is 1090. The third-order valence-corrected chi connectivity index (χ3v) is 5.96. The van der Waals surface area contributed by atoms with Crippen molar-refractivity contribution in [2.24, 2.45) is 0 Å². The Morgan fingerprint density at radius 3 is 2.56 bits per heavy atom. The van der Waals surface area contributed by atoms with Gasteiger partial charge in [-0.3, -0.25) is 18.8 Å². The first-order valence-electron chi connectivity index (χ1n) is 10.7. The molecule has 1 unspecified atom stereocenters. The van der Waals surface area contributed by atoms with Crippen molar-refractivity contribution < 1.29 is 23.3 Å². The molecule has 1 heterocycles. The van der Waals surface area contributed by atoms with Gasteiger partial charge in [0.25, 0.3) is 0 Å². The first kappa shape index (κ1) is 24.1. The second-order valence-electron chi connectivity index (χ2n) is 7.72. The summed E-state index contributed by atoms with van der Waals surface area (Å²) < 4.78 is 21.4. The largest absolute Gasteiger partial charge is 0.472 e. The molecule has 2 N–H and O–H groups in total. The van der Waals surface area contributed by atoms with E-state index in [1.807, 2.05) is 54.6 Å². The predicted octanol–water partition coefficient (Wildman–Crippen LogP) is 4.88. The number of phosphoric acid groups is 1. The summed E-state index contributed by atoms with van der Waals surface area (Å²) in [6.45, 7) is 3.85. The summed E-state index contributed by atoms with van der Waals surface area (Å²) in [4.78, 5) is 26.7. The number of aromatic nitrogens is 1. The molecule has 0 bridgehead atoms. The number of unbranched alkanes of at least 4 members (excludes halogenated alkanes) is 1. The zero-order chi connectivity index (χ0) is 23.0. The quantitative estimate of drug-likeness (QED) is 0.315. The third kappa shape index (κ3) is 6.97. The van der Waals surface area contributed by atoms with Crippen molar-refractivity contribution in [1.82, 2.24) is 10.3 Å². The zero-order valence-corrected chi connectivity index (χ0v) is 19.3. The van der Waals surface area contributed by atoms with E-state index in [2.05, 4.69) is 10.3 Å². The second-order valence-corrected chi connectivity index (χ2v) is 9.13. The Morgan fingerprint density at radius 1 is 1.09 bits per heavy atom. The maximum Gasteiger partial charge on any atom is 0.472 e. The molecule has 1 aromatic heterocycles. The number of phosphoric ester groups is 1. The summed E-state index contributed by atoms with van der Waals surface area (Å²) >= 11 is 0. The van der Waals surface area contributed by atoms with Crippen LogP contribution in [0.4, 0.5) is 0 Å². The number of pyridine rings is 1. The smallest absolute Gasteiger partial charge is 0.356 e. The summed E-state index contributed by atoms with van der Waals surface area (Å²) in [6, 6.07) is 18.0. The van der Waals surface area contributed by atoms with Crippen LogP contribution in [0.5, 0.6) is 0 Å². The zero-order valence-electron chi connectivity index (χ0n) is 18.4. The summed E-state index contributed by atoms with van der Waals surface area (Å²) in [5.74, 6) is -0.123. The molecule has 2 aromatic carbocycles. The Morgan fingerprint density at radius 2 is 1.81 bits per heavy atom. The summed E-state index contributed by atoms with van der Waals surface area (Å²) in [5, 5.41) is 4.98. The van der Waals surface area contributed by atoms with Crippen molar-refractivity contribution in [2.45, 2.75) is 39.2 Å². The first-order valence-corrected chi connectivity index (χ1v) is 12.2. The molecule has 0 aliphatic heterocycles. The van der Waals surface area contributed by atoms with E-state index in [9.17, 15) is 14.3 Å². The maximum atomic E-state index is 12.6. The number of rotatable bonds is 11. The molecule has 0 spiro atoms. The number of fused-ring (bicyclic) bond motifs is 1. The Kier molecular flexibility index (Phi) is 8.53. The fourth-order valence-electron chi connectivity index (χ4n) is 3.41. The van der Waals surface area contributed by atoms with E-state index < -0.39 is 13.9 Å². The van der Waals surface area contributed by atoms with Crippen molar-refractivity contribution in [3.63, 3.8) is 0 Å². The van der Waals surface area contributed by atoms with Gasteiger partial charge >= 0.3 is 7.82 Å². The summed E-state index contributed by atoms with van der Waals surface area (Å²) in [7, 11) is -4.01. The number of carbonyl (C=O) groups is 1. The Balaban J connectivity index is 1.57. The Labute approximate surface area is 188 Å². The van der Waals surface area contributed by atoms with E-state index in [1.165, 1.54) is 0 Å². The molecule has 0 aliphatic carbocycles. The van der Waals surface area contributed by atoms with E-state index >= 15 is 0 Å². The highest BCUT2D eigenvalue weighted by Gasteiger charge is 2.22. The standard InChI is InChI=1S/C24H29N2O5P/c1-18(2)31-32(28,29)30-15-9-8-14-25-23(27)16-22-24(19-10-4-3-5-11-19)21-13-7-6-12-20(21)17-26-22/h3-7,10-13,17-18H,8-9,14-16H2,1-2H3,(H,25,27)(H,28,29). The lowest BCUT2D eigenvalue weighted by molar-refractivity contribution is -0.120. The van der Waals surface area contributed by atoms with Crippen molar-refractivity contribution >= 4 is 24.5 Å². The van der Waals surface area contributed by atoms with Crippen LogP contribution < -0.4 is 5.32 Å². The minimum Gasteiger partial charge on any atom is -0.356 e. The SMILES string of the molecule is CC(C)OP(=O)(O)OCCCCNC(=O)Cc1ncc2ccccc2c1-c1ccccc1. The molecule has 3 rings (SSSR count). The van der Waals surface area contributed by atoms with Crippen LogP contribution in [-0.2, 0) is 24.8 Å². The van der Waals surface area contributed by atoms with Gasteiger partial charge in [0.15, 0.2) is 0 Å². The van der Waals surface area contributed by atoms with Gasteiger partial charge in [-0.15, -0.1) is 0 Å². The van der Waals surface area contributed by atoms with Gasteiger partial charge in [0.05, 0.1) is 24.8 Å². The minimum atomic E-state index is -4.01. The highest BCUT2D eigenvalue weighted by atomic mass is 31.2. The van der Waals surface area contributed by atoms with Crippen LogP contribution in [0.3, 0.4) is 0 Å². The van der Waals surface area contributed by atoms with Gasteiger partial charge in [-0.05, 0) is 37.6 Å². The summed E-state index contributed by atoms with van der Waals surface area (Å²) in [6.07, 6.45) is 2.71. The third-order valence-electron chi connectivity index (χ3n) is 4.76. The lowest BCUT2D eigenvalue weighted by atomic mass is 9.96. The molecule has 170 valence electrons. The van der Waals surface area contributed by atoms with E-state index in [4.69, 9.17) is 9.05 Å². The number of nitrogens with zero attached hydrogens (tertiary/aromatic N) is 1. The van der Waals surface area contributed by atoms with Gasteiger partial charge in [0.1, 0.15) is 0 Å². The van der Waals surface area contributed by atoms with Crippen molar-refractivity contribution in [2.75, 3.05) is 13.2 Å². The topological polar surface area (TPSA) is 97.8 Å². The van der Waals surface area contributed by atoms with Gasteiger partial charge in [0.2, 0.25) is 5.91 Å². The molecule has 0 saturated carbocycles. The van der Waals surface area contributed by atoms with Crippen LogP contribution in [0.25, 0.3) is 21.9 Å². The molecule has 1 atom stereocenters. The molecule has 32 heavy (non-hydrogen) atoms. The molecule has 0 radical (unpaired) electrons. The van der Waals surface area contributed by atoms with Crippen molar-refractivity contribution in [3.8, 4) is 11.1 Å². The van der Waals surface area contributed by atoms with Crippen LogP contribution in [0.2, 0.25) is 0 Å². The van der Waals surface area contributed by atoms with Crippen LogP contribution >= 0.6 is 7.82 Å². The molecule has 7 nitrogen and oxygen atoms in total. The van der Waals surface area contributed by atoms with Gasteiger partial charge < -0.3 is 10.2 Å². The molecular formula is C24H29N2O5P. The fourth-order valence-corrected chi connectivity index (χ4v) is 4.37. The number of benzene rings is 2. The first-order chi connectivity index (χ1) is 15.4. The second kappa shape index (κ2) is 11.3. The number of carbonyl (C=O) groups excluding carboxylic acids is 1. The van der Waals surface area contributed by atoms with Gasteiger partial charge in [-0.1, -0.05) is 54.6 Å². The van der Waals surface area contributed by atoms with Gasteiger partial charge in [0, 0.05) is 23.7 Å². The minimum absolute atomic E-state index is 0.0841. The monoisotopic (exact) mass is 456 g/mol. The molecule has 0 fully saturated rings. The van der Waals surface area contributed by atoms with Gasteiger partial charge in [-0.2, -0.15) is 0 Å². The van der Waals surface area contributed by atoms with E-state index in [-0.39, 0.29) is 18.9 Å². The number of nitrogens with one attached hydrogen (secondary N) is 1. The normalized spacial score (nSPS) is 13.2.